The molecule has 0 atom stereocenters. The van der Waals surface area contributed by atoms with E-state index in [2.05, 4.69) is 0 Å². The Hall–Kier alpha value is -3.22. The van der Waals surface area contributed by atoms with Gasteiger partial charge in [0, 0.05) is 32.6 Å². The molecule has 1 fully saturated rings. The fraction of sp³-hybridized carbons (Fsp3) is 0.318. The van der Waals surface area contributed by atoms with Crippen LogP contribution in [0.2, 0.25) is 0 Å². The van der Waals surface area contributed by atoms with Gasteiger partial charge in [-0.2, -0.15) is 0 Å². The summed E-state index contributed by atoms with van der Waals surface area (Å²) in [5.41, 5.74) is 1.21. The first-order valence-corrected chi connectivity index (χ1v) is 9.56. The van der Waals surface area contributed by atoms with Gasteiger partial charge in [-0.3, -0.25) is 9.59 Å². The molecule has 0 bridgehead atoms. The molecule has 0 saturated carbocycles. The van der Waals surface area contributed by atoms with Crippen LogP contribution in [0.25, 0.3) is 0 Å². The molecular weight excluding hydrogens is 375 g/mol. The highest BCUT2D eigenvalue weighted by Crippen LogP contribution is 2.14. The number of halogens is 1. The summed E-state index contributed by atoms with van der Waals surface area (Å²) in [6, 6.07) is 12.9. The Bertz CT molecular complexity index is 907. The fourth-order valence-electron chi connectivity index (χ4n) is 3.47. The SMILES string of the molecule is O=C(O)c1ccccc1CCC(=O)N1CCN(C(=O)Cc2ccccc2F)CC1. The number of hydrogen-bond donors (Lipinski definition) is 1. The molecule has 2 amide bonds. The zero-order valence-corrected chi connectivity index (χ0v) is 16.0. The summed E-state index contributed by atoms with van der Waals surface area (Å²) in [6.07, 6.45) is 0.577. The lowest BCUT2D eigenvalue weighted by atomic mass is 10.0. The third-order valence-electron chi connectivity index (χ3n) is 5.14. The summed E-state index contributed by atoms with van der Waals surface area (Å²) in [7, 11) is 0. The summed E-state index contributed by atoms with van der Waals surface area (Å²) < 4.78 is 13.7. The number of aromatic carboxylic acids is 1. The highest BCUT2D eigenvalue weighted by Gasteiger charge is 2.24. The minimum atomic E-state index is -1.00. The second-order valence-corrected chi connectivity index (χ2v) is 6.99. The van der Waals surface area contributed by atoms with Crippen LogP contribution < -0.4 is 0 Å². The quantitative estimate of drug-likeness (QED) is 0.810. The standard InChI is InChI=1S/C22H23FN2O4/c23-19-8-4-2-6-17(19)15-21(27)25-13-11-24(12-14-25)20(26)10-9-16-5-1-3-7-18(16)22(28)29/h1-8H,9-15H2,(H,28,29). The lowest BCUT2D eigenvalue weighted by Gasteiger charge is -2.35. The molecule has 7 heteroatoms. The molecule has 3 rings (SSSR count). The second-order valence-electron chi connectivity index (χ2n) is 6.99. The van der Waals surface area contributed by atoms with Crippen LogP contribution in [-0.4, -0.2) is 58.9 Å². The molecule has 0 aromatic heterocycles. The molecule has 0 unspecified atom stereocenters. The van der Waals surface area contributed by atoms with Gasteiger partial charge in [0.25, 0.3) is 0 Å². The first-order valence-electron chi connectivity index (χ1n) is 9.56. The summed E-state index contributed by atoms with van der Waals surface area (Å²) in [5.74, 6) is -1.62. The van der Waals surface area contributed by atoms with Gasteiger partial charge >= 0.3 is 5.97 Å². The fourth-order valence-corrected chi connectivity index (χ4v) is 3.47. The van der Waals surface area contributed by atoms with Crippen molar-refractivity contribution >= 4 is 17.8 Å². The van der Waals surface area contributed by atoms with Gasteiger partial charge in [0.15, 0.2) is 0 Å². The van der Waals surface area contributed by atoms with Crippen molar-refractivity contribution in [2.24, 2.45) is 0 Å². The Morgan fingerprint density at radius 3 is 2.00 bits per heavy atom. The molecule has 2 aromatic rings. The average molecular weight is 398 g/mol. The first kappa shape index (κ1) is 20.5. The molecule has 0 aliphatic carbocycles. The zero-order chi connectivity index (χ0) is 20.8. The van der Waals surface area contributed by atoms with E-state index in [9.17, 15) is 23.9 Å². The first-order chi connectivity index (χ1) is 14.0. The predicted molar refractivity (Wildman–Crippen MR) is 105 cm³/mol. The topological polar surface area (TPSA) is 77.9 Å². The molecule has 2 aromatic carbocycles. The maximum Gasteiger partial charge on any atom is 0.335 e. The number of rotatable bonds is 6. The number of benzene rings is 2. The van der Waals surface area contributed by atoms with Crippen molar-refractivity contribution in [3.63, 3.8) is 0 Å². The van der Waals surface area contributed by atoms with Crippen LogP contribution in [0.15, 0.2) is 48.5 Å². The van der Waals surface area contributed by atoms with Crippen molar-refractivity contribution in [1.82, 2.24) is 9.80 Å². The van der Waals surface area contributed by atoms with Crippen molar-refractivity contribution in [2.45, 2.75) is 19.3 Å². The van der Waals surface area contributed by atoms with E-state index in [1.807, 2.05) is 0 Å². The number of carboxylic acid groups (broad SMARTS) is 1. The lowest BCUT2D eigenvalue weighted by Crippen LogP contribution is -2.51. The van der Waals surface area contributed by atoms with Crippen LogP contribution in [0.3, 0.4) is 0 Å². The van der Waals surface area contributed by atoms with E-state index in [1.54, 1.807) is 46.2 Å². The maximum atomic E-state index is 13.7. The summed E-state index contributed by atoms with van der Waals surface area (Å²) >= 11 is 0. The predicted octanol–water partition coefficient (Wildman–Crippen LogP) is 2.37. The van der Waals surface area contributed by atoms with Crippen LogP contribution >= 0.6 is 0 Å². The number of piperazine rings is 1. The number of carbonyl (C=O) groups excluding carboxylic acids is 2. The summed E-state index contributed by atoms with van der Waals surface area (Å²) in [5, 5.41) is 9.23. The van der Waals surface area contributed by atoms with Crippen LogP contribution in [-0.2, 0) is 22.4 Å². The van der Waals surface area contributed by atoms with E-state index in [1.165, 1.54) is 12.1 Å². The second kappa shape index (κ2) is 9.32. The monoisotopic (exact) mass is 398 g/mol. The minimum Gasteiger partial charge on any atom is -0.478 e. The lowest BCUT2D eigenvalue weighted by molar-refractivity contribution is -0.139. The molecule has 1 saturated heterocycles. The normalized spacial score (nSPS) is 14.0. The van der Waals surface area contributed by atoms with Crippen LogP contribution in [0.1, 0.15) is 27.9 Å². The van der Waals surface area contributed by atoms with Gasteiger partial charge in [-0.15, -0.1) is 0 Å². The molecule has 1 N–H and O–H groups in total. The number of hydrogen-bond acceptors (Lipinski definition) is 3. The zero-order valence-electron chi connectivity index (χ0n) is 16.0. The molecule has 6 nitrogen and oxygen atoms in total. The van der Waals surface area contributed by atoms with E-state index in [4.69, 9.17) is 0 Å². The van der Waals surface area contributed by atoms with Gasteiger partial charge in [0.05, 0.1) is 12.0 Å². The van der Waals surface area contributed by atoms with Crippen LogP contribution in [0, 0.1) is 5.82 Å². The molecule has 1 aliphatic heterocycles. The van der Waals surface area contributed by atoms with Crippen molar-refractivity contribution < 1.29 is 23.9 Å². The van der Waals surface area contributed by atoms with Gasteiger partial charge in [0.2, 0.25) is 11.8 Å². The van der Waals surface area contributed by atoms with Gasteiger partial charge < -0.3 is 14.9 Å². The van der Waals surface area contributed by atoms with E-state index in [-0.39, 0.29) is 30.2 Å². The Morgan fingerprint density at radius 1 is 0.828 bits per heavy atom. The van der Waals surface area contributed by atoms with Gasteiger partial charge in [0.1, 0.15) is 5.82 Å². The number of nitrogens with zero attached hydrogens (tertiary/aromatic N) is 2. The van der Waals surface area contributed by atoms with E-state index in [0.717, 1.165) is 0 Å². The van der Waals surface area contributed by atoms with E-state index in [0.29, 0.717) is 43.7 Å². The number of aryl methyl sites for hydroxylation is 1. The molecule has 1 heterocycles. The molecule has 152 valence electrons. The van der Waals surface area contributed by atoms with Crippen molar-refractivity contribution in [3.05, 3.63) is 71.0 Å². The smallest absolute Gasteiger partial charge is 0.335 e. The molecule has 0 radical (unpaired) electrons. The number of carboxylic acids is 1. The van der Waals surface area contributed by atoms with E-state index >= 15 is 0 Å². The van der Waals surface area contributed by atoms with Gasteiger partial charge in [-0.05, 0) is 29.7 Å². The van der Waals surface area contributed by atoms with Gasteiger partial charge in [-0.1, -0.05) is 36.4 Å². The summed E-state index contributed by atoms with van der Waals surface area (Å²) in [4.78, 5) is 39.5. The third kappa shape index (κ3) is 5.19. The largest absolute Gasteiger partial charge is 0.478 e. The van der Waals surface area contributed by atoms with Crippen molar-refractivity contribution in [2.75, 3.05) is 26.2 Å². The Labute approximate surface area is 168 Å². The number of amides is 2. The Balaban J connectivity index is 1.49. The van der Waals surface area contributed by atoms with E-state index < -0.39 is 11.8 Å². The van der Waals surface area contributed by atoms with Gasteiger partial charge in [-0.25, -0.2) is 9.18 Å². The third-order valence-corrected chi connectivity index (χ3v) is 5.14. The van der Waals surface area contributed by atoms with Crippen LogP contribution in [0.4, 0.5) is 4.39 Å². The summed E-state index contributed by atoms with van der Waals surface area (Å²) in [6.45, 7) is 1.65. The molecular formula is C22H23FN2O4. The molecule has 1 aliphatic rings. The number of carbonyl (C=O) groups is 3. The molecule has 29 heavy (non-hydrogen) atoms. The average Bonchev–Trinajstić information content (AvgIpc) is 2.74. The highest BCUT2D eigenvalue weighted by atomic mass is 19.1. The Morgan fingerprint density at radius 2 is 1.38 bits per heavy atom. The van der Waals surface area contributed by atoms with Crippen molar-refractivity contribution in [1.29, 1.82) is 0 Å². The highest BCUT2D eigenvalue weighted by molar-refractivity contribution is 5.89. The maximum absolute atomic E-state index is 13.7. The molecule has 0 spiro atoms. The minimum absolute atomic E-state index is 0.00654. The Kier molecular flexibility index (Phi) is 6.59. The van der Waals surface area contributed by atoms with Crippen LogP contribution in [0.5, 0.6) is 0 Å². The van der Waals surface area contributed by atoms with Crippen molar-refractivity contribution in [3.8, 4) is 0 Å².